The van der Waals surface area contributed by atoms with Crippen molar-refractivity contribution in [2.24, 2.45) is 7.05 Å². The lowest BCUT2D eigenvalue weighted by Gasteiger charge is -2.23. The zero-order valence-corrected chi connectivity index (χ0v) is 13.0. The summed E-state index contributed by atoms with van der Waals surface area (Å²) < 4.78 is 22.4. The summed E-state index contributed by atoms with van der Waals surface area (Å²) in [5, 5.41) is 3.89. The lowest BCUT2D eigenvalue weighted by atomic mass is 10.0. The molecule has 5 nitrogen and oxygen atoms in total. The van der Waals surface area contributed by atoms with Gasteiger partial charge in [0, 0.05) is 36.8 Å². The SMILES string of the molecule is CC1Cc2c(ncnc2Oc2ccc3c(ccn3C)c2F)CN1. The van der Waals surface area contributed by atoms with Crippen molar-refractivity contribution in [1.82, 2.24) is 19.9 Å². The molecule has 4 rings (SSSR count). The molecule has 1 aliphatic heterocycles. The molecule has 0 aliphatic carbocycles. The van der Waals surface area contributed by atoms with Crippen LogP contribution in [0.15, 0.2) is 30.7 Å². The van der Waals surface area contributed by atoms with E-state index in [1.165, 1.54) is 6.33 Å². The number of aromatic nitrogens is 3. The van der Waals surface area contributed by atoms with Crippen LogP contribution in [0, 0.1) is 5.82 Å². The van der Waals surface area contributed by atoms with Crippen LogP contribution in [0.1, 0.15) is 18.2 Å². The summed E-state index contributed by atoms with van der Waals surface area (Å²) in [7, 11) is 1.89. The van der Waals surface area contributed by atoms with E-state index in [-0.39, 0.29) is 11.6 Å². The zero-order valence-electron chi connectivity index (χ0n) is 13.0. The molecule has 1 aliphatic rings. The molecular formula is C17H17FN4O. The van der Waals surface area contributed by atoms with Gasteiger partial charge in [0.2, 0.25) is 5.88 Å². The van der Waals surface area contributed by atoms with E-state index in [0.717, 1.165) is 23.2 Å². The van der Waals surface area contributed by atoms with Gasteiger partial charge in [0.1, 0.15) is 6.33 Å². The second-order valence-corrected chi connectivity index (χ2v) is 5.93. The summed E-state index contributed by atoms with van der Waals surface area (Å²) >= 11 is 0. The molecule has 118 valence electrons. The highest BCUT2D eigenvalue weighted by Gasteiger charge is 2.22. The highest BCUT2D eigenvalue weighted by atomic mass is 19.1. The van der Waals surface area contributed by atoms with Crippen LogP contribution in [0.25, 0.3) is 10.9 Å². The molecule has 0 saturated carbocycles. The second kappa shape index (κ2) is 5.31. The third-order valence-electron chi connectivity index (χ3n) is 4.30. The van der Waals surface area contributed by atoms with Crippen molar-refractivity contribution in [3.63, 3.8) is 0 Å². The van der Waals surface area contributed by atoms with Gasteiger partial charge in [0.05, 0.1) is 11.2 Å². The van der Waals surface area contributed by atoms with Gasteiger partial charge < -0.3 is 14.6 Å². The van der Waals surface area contributed by atoms with Gasteiger partial charge >= 0.3 is 0 Å². The molecule has 0 fully saturated rings. The van der Waals surface area contributed by atoms with Gasteiger partial charge in [-0.25, -0.2) is 14.4 Å². The van der Waals surface area contributed by atoms with Crippen LogP contribution < -0.4 is 10.1 Å². The Hall–Kier alpha value is -2.47. The van der Waals surface area contributed by atoms with Gasteiger partial charge in [-0.2, -0.15) is 0 Å². The maximum atomic E-state index is 14.7. The molecule has 0 saturated heterocycles. The standard InChI is InChI=1S/C17H17FN4O/c1-10-7-12-13(8-19-10)20-9-21-17(12)23-15-4-3-14-11(16(15)18)5-6-22(14)2/h3-6,9-10,19H,7-8H2,1-2H3. The Morgan fingerprint density at radius 3 is 3.04 bits per heavy atom. The molecule has 3 heterocycles. The van der Waals surface area contributed by atoms with Crippen LogP contribution in [0.5, 0.6) is 11.6 Å². The Morgan fingerprint density at radius 1 is 1.30 bits per heavy atom. The maximum Gasteiger partial charge on any atom is 0.226 e. The minimum absolute atomic E-state index is 0.191. The molecule has 0 amide bonds. The summed E-state index contributed by atoms with van der Waals surface area (Å²) in [6.45, 7) is 2.77. The number of hydrogen-bond donors (Lipinski definition) is 1. The van der Waals surface area contributed by atoms with Crippen molar-refractivity contribution >= 4 is 10.9 Å². The largest absolute Gasteiger partial charge is 0.436 e. The molecule has 3 aromatic rings. The van der Waals surface area contributed by atoms with E-state index in [2.05, 4.69) is 22.2 Å². The van der Waals surface area contributed by atoms with Gasteiger partial charge in [-0.1, -0.05) is 0 Å². The van der Waals surface area contributed by atoms with Crippen molar-refractivity contribution in [3.05, 3.63) is 47.8 Å². The first-order chi connectivity index (χ1) is 11.1. The minimum Gasteiger partial charge on any atom is -0.436 e. The molecule has 1 N–H and O–H groups in total. The number of hydrogen-bond acceptors (Lipinski definition) is 4. The zero-order chi connectivity index (χ0) is 16.0. The Labute approximate surface area is 133 Å². The van der Waals surface area contributed by atoms with E-state index < -0.39 is 0 Å². The fourth-order valence-electron chi connectivity index (χ4n) is 3.00. The Morgan fingerprint density at radius 2 is 2.17 bits per heavy atom. The fraction of sp³-hybridized carbons (Fsp3) is 0.294. The lowest BCUT2D eigenvalue weighted by Crippen LogP contribution is -2.33. The fourth-order valence-corrected chi connectivity index (χ4v) is 3.00. The molecule has 0 radical (unpaired) electrons. The van der Waals surface area contributed by atoms with Crippen LogP contribution >= 0.6 is 0 Å². The van der Waals surface area contributed by atoms with Gasteiger partial charge in [0.25, 0.3) is 0 Å². The topological polar surface area (TPSA) is 52.0 Å². The van der Waals surface area contributed by atoms with Crippen molar-refractivity contribution < 1.29 is 9.13 Å². The Kier molecular flexibility index (Phi) is 3.27. The van der Waals surface area contributed by atoms with Gasteiger partial charge in [-0.3, -0.25) is 0 Å². The number of halogens is 1. The van der Waals surface area contributed by atoms with Gasteiger partial charge in [-0.05, 0) is 31.5 Å². The van der Waals surface area contributed by atoms with E-state index in [1.807, 2.05) is 23.9 Å². The highest BCUT2D eigenvalue weighted by Crippen LogP contribution is 2.32. The van der Waals surface area contributed by atoms with Crippen LogP contribution in [0.2, 0.25) is 0 Å². The first-order valence-electron chi connectivity index (χ1n) is 7.61. The van der Waals surface area contributed by atoms with Crippen molar-refractivity contribution in [1.29, 1.82) is 0 Å². The lowest BCUT2D eigenvalue weighted by molar-refractivity contribution is 0.409. The number of fused-ring (bicyclic) bond motifs is 2. The molecule has 0 bridgehead atoms. The molecule has 2 aromatic heterocycles. The molecule has 6 heteroatoms. The molecule has 1 aromatic carbocycles. The molecule has 1 atom stereocenters. The van der Waals surface area contributed by atoms with Crippen molar-refractivity contribution in [2.75, 3.05) is 0 Å². The number of rotatable bonds is 2. The van der Waals surface area contributed by atoms with Gasteiger partial charge in [0.15, 0.2) is 11.6 Å². The summed E-state index contributed by atoms with van der Waals surface area (Å²) in [5.41, 5.74) is 2.69. The van der Waals surface area contributed by atoms with E-state index >= 15 is 0 Å². The molecular weight excluding hydrogens is 295 g/mol. The summed E-state index contributed by atoms with van der Waals surface area (Å²) in [6.07, 6.45) is 4.06. The predicted octanol–water partition coefficient (Wildman–Crippen LogP) is 2.93. The van der Waals surface area contributed by atoms with E-state index in [1.54, 1.807) is 12.1 Å². The monoisotopic (exact) mass is 312 g/mol. The first-order valence-corrected chi connectivity index (χ1v) is 7.61. The summed E-state index contributed by atoms with van der Waals surface area (Å²) in [6, 6.07) is 5.57. The number of aryl methyl sites for hydroxylation is 1. The summed E-state index contributed by atoms with van der Waals surface area (Å²) in [5.74, 6) is 0.269. The van der Waals surface area contributed by atoms with E-state index in [0.29, 0.717) is 23.9 Å². The number of nitrogens with zero attached hydrogens (tertiary/aromatic N) is 3. The number of ether oxygens (including phenoxy) is 1. The third-order valence-corrected chi connectivity index (χ3v) is 4.30. The van der Waals surface area contributed by atoms with Crippen molar-refractivity contribution in [2.45, 2.75) is 25.9 Å². The molecule has 0 spiro atoms. The third kappa shape index (κ3) is 2.35. The van der Waals surface area contributed by atoms with Crippen LogP contribution in [0.4, 0.5) is 4.39 Å². The highest BCUT2D eigenvalue weighted by molar-refractivity contribution is 5.82. The molecule has 1 unspecified atom stereocenters. The number of benzene rings is 1. The smallest absolute Gasteiger partial charge is 0.226 e. The normalized spacial score (nSPS) is 17.3. The summed E-state index contributed by atoms with van der Waals surface area (Å²) in [4.78, 5) is 8.50. The van der Waals surface area contributed by atoms with Gasteiger partial charge in [-0.15, -0.1) is 0 Å². The Bertz CT molecular complexity index is 890. The van der Waals surface area contributed by atoms with E-state index in [4.69, 9.17) is 4.74 Å². The predicted molar refractivity (Wildman–Crippen MR) is 85.0 cm³/mol. The van der Waals surface area contributed by atoms with Crippen LogP contribution in [0.3, 0.4) is 0 Å². The Balaban J connectivity index is 1.75. The van der Waals surface area contributed by atoms with Crippen LogP contribution in [-0.2, 0) is 20.0 Å². The second-order valence-electron chi connectivity index (χ2n) is 5.93. The quantitative estimate of drug-likeness (QED) is 0.790. The average molecular weight is 312 g/mol. The number of nitrogens with one attached hydrogen (secondary N) is 1. The average Bonchev–Trinajstić information content (AvgIpc) is 2.92. The van der Waals surface area contributed by atoms with E-state index in [9.17, 15) is 4.39 Å². The minimum atomic E-state index is -0.363. The molecule has 23 heavy (non-hydrogen) atoms. The first kappa shape index (κ1) is 14.1. The van der Waals surface area contributed by atoms with Crippen molar-refractivity contribution in [3.8, 4) is 11.6 Å². The van der Waals surface area contributed by atoms with Crippen LogP contribution in [-0.4, -0.2) is 20.6 Å². The maximum absolute atomic E-state index is 14.7.